The molecule has 1 aliphatic carbocycles. The van der Waals surface area contributed by atoms with Crippen LogP contribution in [-0.4, -0.2) is 16.6 Å². The molecule has 0 saturated heterocycles. The number of hydrogen-bond donors (Lipinski definition) is 0. The van der Waals surface area contributed by atoms with Gasteiger partial charge in [-0.1, -0.05) is 48.5 Å². The Labute approximate surface area is 127 Å². The molecule has 3 aromatic rings. The van der Waals surface area contributed by atoms with Gasteiger partial charge in [0.25, 0.3) is 0 Å². The predicted molar refractivity (Wildman–Crippen MR) is 84.2 cm³/mol. The second-order valence-electron chi connectivity index (χ2n) is 5.52. The summed E-state index contributed by atoms with van der Waals surface area (Å²) in [6.45, 7) is 0. The van der Waals surface area contributed by atoms with E-state index in [4.69, 9.17) is 0 Å². The molecule has 1 atom stereocenters. The van der Waals surface area contributed by atoms with Crippen molar-refractivity contribution in [1.82, 2.24) is 4.98 Å². The minimum atomic E-state index is -0.480. The van der Waals surface area contributed by atoms with Crippen molar-refractivity contribution in [3.63, 3.8) is 0 Å². The molecule has 0 spiro atoms. The molecule has 0 fully saturated rings. The highest BCUT2D eigenvalue weighted by atomic mass is 16.1. The Balaban J connectivity index is 1.82. The second-order valence-corrected chi connectivity index (χ2v) is 5.52. The number of benzene rings is 2. The third-order valence-corrected chi connectivity index (χ3v) is 4.18. The topological polar surface area (TPSA) is 47.0 Å². The van der Waals surface area contributed by atoms with Crippen LogP contribution in [0.25, 0.3) is 10.9 Å². The summed E-state index contributed by atoms with van der Waals surface area (Å²) in [7, 11) is 0. The number of hydrogen-bond acceptors (Lipinski definition) is 3. The highest BCUT2D eigenvalue weighted by molar-refractivity contribution is 6.16. The van der Waals surface area contributed by atoms with Crippen LogP contribution in [0.2, 0.25) is 0 Å². The number of fused-ring (bicyclic) bond motifs is 2. The molecular formula is C19H13NO2. The fourth-order valence-electron chi connectivity index (χ4n) is 3.03. The van der Waals surface area contributed by atoms with Gasteiger partial charge in [-0.3, -0.25) is 14.6 Å². The van der Waals surface area contributed by atoms with Gasteiger partial charge < -0.3 is 0 Å². The maximum absolute atomic E-state index is 12.7. The van der Waals surface area contributed by atoms with Crippen LogP contribution in [-0.2, 0) is 0 Å². The molecule has 1 unspecified atom stereocenters. The van der Waals surface area contributed by atoms with Crippen LogP contribution in [0, 0.1) is 0 Å². The largest absolute Gasteiger partial charge is 0.294 e. The van der Waals surface area contributed by atoms with Gasteiger partial charge in [-0.05, 0) is 12.1 Å². The van der Waals surface area contributed by atoms with Crippen molar-refractivity contribution in [3.05, 3.63) is 77.5 Å². The summed E-state index contributed by atoms with van der Waals surface area (Å²) in [6.07, 6.45) is 0.196. The van der Waals surface area contributed by atoms with E-state index in [1.54, 1.807) is 24.3 Å². The summed E-state index contributed by atoms with van der Waals surface area (Å²) in [6, 6.07) is 18.6. The fraction of sp³-hybridized carbons (Fsp3) is 0.105. The summed E-state index contributed by atoms with van der Waals surface area (Å²) in [5, 5.41) is 1.03. The van der Waals surface area contributed by atoms with E-state index >= 15 is 0 Å². The Bertz CT molecular complexity index is 914. The van der Waals surface area contributed by atoms with E-state index in [9.17, 15) is 9.59 Å². The smallest absolute Gasteiger partial charge is 0.173 e. The summed E-state index contributed by atoms with van der Waals surface area (Å²) < 4.78 is 0. The average molecular weight is 287 g/mol. The van der Waals surface area contributed by atoms with Crippen molar-refractivity contribution in [2.75, 3.05) is 0 Å². The quantitative estimate of drug-likeness (QED) is 0.684. The SMILES string of the molecule is O=C1CC(c2ccc3ccccc3n2)C(=O)c2ccccc21. The molecule has 0 bridgehead atoms. The number of Topliss-reactive ketones (excluding diaryl/α,β-unsaturated/α-hetero) is 2. The van der Waals surface area contributed by atoms with E-state index < -0.39 is 5.92 Å². The third-order valence-electron chi connectivity index (χ3n) is 4.18. The van der Waals surface area contributed by atoms with Crippen LogP contribution in [0.3, 0.4) is 0 Å². The molecule has 0 N–H and O–H groups in total. The van der Waals surface area contributed by atoms with Crippen LogP contribution in [0.15, 0.2) is 60.7 Å². The zero-order chi connectivity index (χ0) is 15.1. The Morgan fingerprint density at radius 2 is 1.55 bits per heavy atom. The van der Waals surface area contributed by atoms with Gasteiger partial charge in [-0.15, -0.1) is 0 Å². The molecule has 1 aliphatic rings. The van der Waals surface area contributed by atoms with Gasteiger partial charge in [-0.2, -0.15) is 0 Å². The average Bonchev–Trinajstić information content (AvgIpc) is 2.58. The van der Waals surface area contributed by atoms with Crippen molar-refractivity contribution < 1.29 is 9.59 Å². The van der Waals surface area contributed by atoms with Crippen LogP contribution in [0.1, 0.15) is 38.7 Å². The molecule has 2 aromatic carbocycles. The lowest BCUT2D eigenvalue weighted by atomic mass is 9.80. The minimum absolute atomic E-state index is 0.00941. The number of carbonyl (C=O) groups is 2. The highest BCUT2D eigenvalue weighted by Crippen LogP contribution is 2.32. The van der Waals surface area contributed by atoms with Gasteiger partial charge in [-0.25, -0.2) is 0 Å². The standard InChI is InChI=1S/C19H13NO2/c21-18-11-15(19(22)14-7-3-2-6-13(14)18)17-10-9-12-5-1-4-8-16(12)20-17/h1-10,15H,11H2. The summed E-state index contributed by atoms with van der Waals surface area (Å²) in [5.74, 6) is -0.486. The first-order valence-corrected chi connectivity index (χ1v) is 7.26. The van der Waals surface area contributed by atoms with Crippen LogP contribution in [0.5, 0.6) is 0 Å². The second kappa shape index (κ2) is 4.88. The molecular weight excluding hydrogens is 274 g/mol. The molecule has 0 saturated carbocycles. The van der Waals surface area contributed by atoms with Gasteiger partial charge in [0.05, 0.1) is 17.1 Å². The van der Waals surface area contributed by atoms with Gasteiger partial charge in [0, 0.05) is 22.9 Å². The Morgan fingerprint density at radius 3 is 2.41 bits per heavy atom. The van der Waals surface area contributed by atoms with E-state index in [0.29, 0.717) is 16.8 Å². The first-order chi connectivity index (χ1) is 10.7. The molecule has 0 amide bonds. The van der Waals surface area contributed by atoms with Crippen LogP contribution < -0.4 is 0 Å². The summed E-state index contributed by atoms with van der Waals surface area (Å²) in [4.78, 5) is 29.6. The zero-order valence-electron chi connectivity index (χ0n) is 11.8. The molecule has 4 rings (SSSR count). The highest BCUT2D eigenvalue weighted by Gasteiger charge is 2.34. The third kappa shape index (κ3) is 1.94. The molecule has 1 aromatic heterocycles. The van der Waals surface area contributed by atoms with E-state index in [-0.39, 0.29) is 18.0 Å². The zero-order valence-corrected chi connectivity index (χ0v) is 11.8. The number of rotatable bonds is 1. The first-order valence-electron chi connectivity index (χ1n) is 7.26. The molecule has 3 heteroatoms. The van der Waals surface area contributed by atoms with Crippen molar-refractivity contribution in [2.24, 2.45) is 0 Å². The van der Waals surface area contributed by atoms with Crippen molar-refractivity contribution in [1.29, 1.82) is 0 Å². The lowest BCUT2D eigenvalue weighted by Gasteiger charge is -2.22. The maximum Gasteiger partial charge on any atom is 0.173 e. The van der Waals surface area contributed by atoms with Gasteiger partial charge in [0.15, 0.2) is 11.6 Å². The van der Waals surface area contributed by atoms with Crippen LogP contribution in [0.4, 0.5) is 0 Å². The molecule has 106 valence electrons. The minimum Gasteiger partial charge on any atom is -0.294 e. The van der Waals surface area contributed by atoms with Crippen molar-refractivity contribution >= 4 is 22.5 Å². The number of pyridine rings is 1. The molecule has 1 heterocycles. The predicted octanol–water partition coefficient (Wildman–Crippen LogP) is 3.79. The molecule has 3 nitrogen and oxygen atoms in total. The van der Waals surface area contributed by atoms with Gasteiger partial charge in [0.1, 0.15) is 0 Å². The number of para-hydroxylation sites is 1. The van der Waals surface area contributed by atoms with Crippen molar-refractivity contribution in [3.8, 4) is 0 Å². The lowest BCUT2D eigenvalue weighted by molar-refractivity contribution is 0.0864. The molecule has 0 radical (unpaired) electrons. The molecule has 0 aliphatic heterocycles. The number of aromatic nitrogens is 1. The molecule has 22 heavy (non-hydrogen) atoms. The Morgan fingerprint density at radius 1 is 0.818 bits per heavy atom. The maximum atomic E-state index is 12.7. The first kappa shape index (κ1) is 12.9. The van der Waals surface area contributed by atoms with Crippen molar-refractivity contribution in [2.45, 2.75) is 12.3 Å². The number of ketones is 2. The Hall–Kier alpha value is -2.81. The fourth-order valence-corrected chi connectivity index (χ4v) is 3.03. The van der Waals surface area contributed by atoms with Crippen LogP contribution >= 0.6 is 0 Å². The van der Waals surface area contributed by atoms with E-state index in [0.717, 1.165) is 10.9 Å². The number of nitrogens with zero attached hydrogens (tertiary/aromatic N) is 1. The lowest BCUT2D eigenvalue weighted by Crippen LogP contribution is -2.26. The van der Waals surface area contributed by atoms with E-state index in [1.807, 2.05) is 36.4 Å². The summed E-state index contributed by atoms with van der Waals surface area (Å²) >= 11 is 0. The van der Waals surface area contributed by atoms with E-state index in [1.165, 1.54) is 0 Å². The monoisotopic (exact) mass is 287 g/mol. The normalized spacial score (nSPS) is 17.5. The van der Waals surface area contributed by atoms with Gasteiger partial charge in [0.2, 0.25) is 0 Å². The summed E-state index contributed by atoms with van der Waals surface area (Å²) in [5.41, 5.74) is 2.56. The number of carbonyl (C=O) groups excluding carboxylic acids is 2. The Kier molecular flexibility index (Phi) is 2.86. The van der Waals surface area contributed by atoms with E-state index in [2.05, 4.69) is 4.98 Å². The van der Waals surface area contributed by atoms with Gasteiger partial charge >= 0.3 is 0 Å².